The van der Waals surface area contributed by atoms with E-state index in [0.29, 0.717) is 41.2 Å². The number of anilines is 3. The van der Waals surface area contributed by atoms with Crippen LogP contribution in [0, 0.1) is 11.6 Å². The number of halogens is 2. The van der Waals surface area contributed by atoms with Crippen molar-refractivity contribution in [2.75, 3.05) is 42.4 Å². The highest BCUT2D eigenvalue weighted by Gasteiger charge is 2.38. The zero-order valence-corrected chi connectivity index (χ0v) is 26.1. The van der Waals surface area contributed by atoms with Crippen molar-refractivity contribution in [2.45, 2.75) is 36.7 Å². The average molecular weight is 654 g/mol. The highest BCUT2D eigenvalue weighted by Crippen LogP contribution is 2.41. The van der Waals surface area contributed by atoms with Crippen molar-refractivity contribution in [2.24, 2.45) is 0 Å². The second-order valence-corrected chi connectivity index (χ2v) is 13.1. The fourth-order valence-corrected chi connectivity index (χ4v) is 6.87. The molecule has 1 aliphatic rings. The molecule has 1 saturated heterocycles. The summed E-state index contributed by atoms with van der Waals surface area (Å²) in [7, 11) is -1.25. The number of aromatic nitrogens is 1. The van der Waals surface area contributed by atoms with E-state index in [4.69, 9.17) is 10.5 Å². The van der Waals surface area contributed by atoms with Crippen molar-refractivity contribution in [3.8, 4) is 5.75 Å². The standard InChI is InChI=1S/C32H33F2N5O6S/c1-4-46(43,44)28-10-8-20(38(2)32(41)42)15-23(28)26-6-5-13-39(26)31(40)29(22-16-27(45-3)25(34)17-24(22)33)37-19-7-9-21-18(14-19)11-12-36-30(21)35/h7-12,14-17,26,29,37H,4-6,13H2,1-3H3,(H2,35,36)(H,41,42)/t26-,29-/m1/s1. The molecular formula is C32H33F2N5O6S. The molecule has 0 spiro atoms. The van der Waals surface area contributed by atoms with Gasteiger partial charge in [-0.05, 0) is 72.3 Å². The van der Waals surface area contributed by atoms with E-state index in [1.807, 2.05) is 0 Å². The average Bonchev–Trinajstić information content (AvgIpc) is 3.53. The number of nitrogens with one attached hydrogen (secondary N) is 1. The number of sulfone groups is 1. The predicted molar refractivity (Wildman–Crippen MR) is 170 cm³/mol. The topological polar surface area (TPSA) is 155 Å². The number of methoxy groups -OCH3 is 1. The number of nitrogens with zero attached hydrogens (tertiary/aromatic N) is 3. The fraction of sp³-hybridized carbons (Fsp3) is 0.281. The number of ether oxygens (including phenoxy) is 1. The van der Waals surface area contributed by atoms with Crippen LogP contribution >= 0.6 is 0 Å². The Morgan fingerprint density at radius 3 is 2.61 bits per heavy atom. The van der Waals surface area contributed by atoms with Crippen LogP contribution in [0.3, 0.4) is 0 Å². The van der Waals surface area contributed by atoms with Crippen LogP contribution in [-0.4, -0.2) is 61.9 Å². The third-order valence-corrected chi connectivity index (χ3v) is 10.0. The number of carboxylic acid groups (broad SMARTS) is 1. The van der Waals surface area contributed by atoms with Crippen LogP contribution in [0.25, 0.3) is 10.8 Å². The van der Waals surface area contributed by atoms with Gasteiger partial charge in [-0.25, -0.2) is 27.0 Å². The number of pyridine rings is 1. The summed E-state index contributed by atoms with van der Waals surface area (Å²) in [5.74, 6) is -2.74. The maximum Gasteiger partial charge on any atom is 0.411 e. The molecule has 11 nitrogen and oxygen atoms in total. The highest BCUT2D eigenvalue weighted by molar-refractivity contribution is 7.91. The fourth-order valence-electron chi connectivity index (χ4n) is 5.73. The Morgan fingerprint density at radius 2 is 1.91 bits per heavy atom. The summed E-state index contributed by atoms with van der Waals surface area (Å²) in [6, 6.07) is 10.6. The SMILES string of the molecule is CCS(=O)(=O)c1ccc(N(C)C(=O)O)cc1[C@H]1CCCN1C(=O)[C@H](Nc1ccc2c(N)nccc2c1)c1cc(OC)c(F)cc1F. The predicted octanol–water partition coefficient (Wildman–Crippen LogP) is 5.53. The van der Waals surface area contributed by atoms with Crippen molar-refractivity contribution in [3.05, 3.63) is 83.6 Å². The molecule has 4 aromatic rings. The number of hydrogen-bond donors (Lipinski definition) is 3. The lowest BCUT2D eigenvalue weighted by atomic mass is 10.00. The first kappa shape index (κ1) is 32.4. The van der Waals surface area contributed by atoms with E-state index < -0.39 is 45.6 Å². The zero-order chi connectivity index (χ0) is 33.3. The molecule has 0 aliphatic carbocycles. The van der Waals surface area contributed by atoms with Gasteiger partial charge in [-0.1, -0.05) is 6.92 Å². The summed E-state index contributed by atoms with van der Waals surface area (Å²) in [6.07, 6.45) is 1.13. The van der Waals surface area contributed by atoms with Crippen molar-refractivity contribution in [1.29, 1.82) is 0 Å². The van der Waals surface area contributed by atoms with E-state index in [2.05, 4.69) is 10.3 Å². The number of carbonyl (C=O) groups is 2. The van der Waals surface area contributed by atoms with Crippen molar-refractivity contribution < 1.29 is 36.6 Å². The van der Waals surface area contributed by atoms with Gasteiger partial charge >= 0.3 is 6.09 Å². The second-order valence-electron chi connectivity index (χ2n) is 10.9. The summed E-state index contributed by atoms with van der Waals surface area (Å²) in [6.45, 7) is 1.69. The second kappa shape index (κ2) is 12.8. The summed E-state index contributed by atoms with van der Waals surface area (Å²) in [4.78, 5) is 32.7. The minimum absolute atomic E-state index is 0.0258. The Bertz CT molecular complexity index is 1940. The van der Waals surface area contributed by atoms with Gasteiger partial charge < -0.3 is 25.8 Å². The first-order valence-electron chi connectivity index (χ1n) is 14.4. The zero-order valence-electron chi connectivity index (χ0n) is 25.3. The van der Waals surface area contributed by atoms with Crippen molar-refractivity contribution >= 4 is 49.8 Å². The Kier molecular flexibility index (Phi) is 9.01. The van der Waals surface area contributed by atoms with Crippen LogP contribution < -0.4 is 20.7 Å². The van der Waals surface area contributed by atoms with Gasteiger partial charge in [0.05, 0.1) is 23.8 Å². The van der Waals surface area contributed by atoms with E-state index in [1.54, 1.807) is 24.3 Å². The normalized spacial score (nSPS) is 15.5. The molecule has 2 heterocycles. The Hall–Kier alpha value is -4.98. The highest BCUT2D eigenvalue weighted by atomic mass is 32.2. The van der Waals surface area contributed by atoms with Crippen LogP contribution in [0.15, 0.2) is 65.7 Å². The molecule has 2 atom stereocenters. The molecule has 0 unspecified atom stereocenters. The number of likely N-dealkylation sites (tertiary alicyclic amines) is 1. The van der Waals surface area contributed by atoms with E-state index in [1.165, 1.54) is 50.4 Å². The third-order valence-electron chi connectivity index (χ3n) is 8.21. The summed E-state index contributed by atoms with van der Waals surface area (Å²) in [5.41, 5.74) is 6.70. The van der Waals surface area contributed by atoms with Gasteiger partial charge in [0.15, 0.2) is 21.4 Å². The minimum atomic E-state index is -3.80. The first-order chi connectivity index (χ1) is 21.9. The van der Waals surface area contributed by atoms with E-state index in [0.717, 1.165) is 11.0 Å². The molecule has 3 aromatic carbocycles. The van der Waals surface area contributed by atoms with Crippen molar-refractivity contribution in [1.82, 2.24) is 9.88 Å². The minimum Gasteiger partial charge on any atom is -0.494 e. The molecule has 1 aromatic heterocycles. The largest absolute Gasteiger partial charge is 0.494 e. The molecule has 46 heavy (non-hydrogen) atoms. The third kappa shape index (κ3) is 6.12. The van der Waals surface area contributed by atoms with Gasteiger partial charge in [0.25, 0.3) is 0 Å². The van der Waals surface area contributed by atoms with Gasteiger partial charge in [-0.3, -0.25) is 9.69 Å². The Morgan fingerprint density at radius 1 is 1.15 bits per heavy atom. The van der Waals surface area contributed by atoms with Crippen LogP contribution in [0.1, 0.15) is 43.0 Å². The Labute approximate surface area is 264 Å². The van der Waals surface area contributed by atoms with E-state index >= 15 is 4.39 Å². The molecule has 1 fully saturated rings. The lowest BCUT2D eigenvalue weighted by molar-refractivity contribution is -0.133. The lowest BCUT2D eigenvalue weighted by Crippen LogP contribution is -2.38. The molecule has 0 radical (unpaired) electrons. The molecule has 5 rings (SSSR count). The van der Waals surface area contributed by atoms with Crippen molar-refractivity contribution in [3.63, 3.8) is 0 Å². The lowest BCUT2D eigenvalue weighted by Gasteiger charge is -2.32. The summed E-state index contributed by atoms with van der Waals surface area (Å²) in [5, 5.41) is 14.0. The molecular weight excluding hydrogens is 620 g/mol. The molecule has 1 aliphatic heterocycles. The van der Waals surface area contributed by atoms with E-state index in [9.17, 15) is 27.5 Å². The number of nitrogens with two attached hydrogens (primary N) is 1. The molecule has 242 valence electrons. The maximum atomic E-state index is 15.5. The molecule has 0 bridgehead atoms. The quantitative estimate of drug-likeness (QED) is 0.212. The van der Waals surface area contributed by atoms with Crippen LogP contribution in [0.2, 0.25) is 0 Å². The van der Waals surface area contributed by atoms with Crippen LogP contribution in [0.5, 0.6) is 5.75 Å². The van der Waals surface area contributed by atoms with Gasteiger partial charge in [0.2, 0.25) is 5.91 Å². The molecule has 14 heteroatoms. The number of nitrogen functional groups attached to an aromatic ring is 1. The molecule has 0 saturated carbocycles. The number of rotatable bonds is 9. The molecule has 2 amide bonds. The number of carbonyl (C=O) groups excluding carboxylic acids is 1. The number of benzene rings is 3. The van der Waals surface area contributed by atoms with Gasteiger partial charge in [-0.15, -0.1) is 0 Å². The van der Waals surface area contributed by atoms with Gasteiger partial charge in [-0.2, -0.15) is 0 Å². The maximum absolute atomic E-state index is 15.5. The smallest absolute Gasteiger partial charge is 0.411 e. The number of amides is 2. The summed E-state index contributed by atoms with van der Waals surface area (Å²) >= 11 is 0. The van der Waals surface area contributed by atoms with Gasteiger partial charge in [0.1, 0.15) is 17.7 Å². The van der Waals surface area contributed by atoms with Crippen LogP contribution in [0.4, 0.5) is 30.8 Å². The summed E-state index contributed by atoms with van der Waals surface area (Å²) < 4.78 is 61.4. The van der Waals surface area contributed by atoms with E-state index in [-0.39, 0.29) is 39.8 Å². The van der Waals surface area contributed by atoms with Gasteiger partial charge in [0, 0.05) is 48.2 Å². The Balaban J connectivity index is 1.63. The molecule has 4 N–H and O–H groups in total. The number of fused-ring (bicyclic) bond motifs is 1. The monoisotopic (exact) mass is 653 g/mol. The number of hydrogen-bond acceptors (Lipinski definition) is 8. The van der Waals surface area contributed by atoms with Crippen LogP contribution in [-0.2, 0) is 14.6 Å². The first-order valence-corrected chi connectivity index (χ1v) is 16.1.